The number of hydrogen-bond donors (Lipinski definition) is 0. The minimum atomic E-state index is -0.794. The highest BCUT2D eigenvalue weighted by molar-refractivity contribution is 9.11. The standard InChI is InChI=1S/C30H43BrN4O5/c1-21(2)26-20-40-30(39)35(26)29(38)24(16-22(3)31)17-27(36)34(18-23-10-6-5-7-11-23)19-28(37)33(4)15-13-25-12-8-9-14-32-25/h8-9,12,14,21,23-24,26H,3,5-7,10-11,13,15-20H2,1-2,4H3/t24-,26-/m1/s1. The predicted molar refractivity (Wildman–Crippen MR) is 156 cm³/mol. The van der Waals surface area contributed by atoms with Gasteiger partial charge in [0.15, 0.2) is 0 Å². The summed E-state index contributed by atoms with van der Waals surface area (Å²) in [7, 11) is 1.74. The highest BCUT2D eigenvalue weighted by Gasteiger charge is 2.43. The van der Waals surface area contributed by atoms with Crippen molar-refractivity contribution in [1.82, 2.24) is 19.7 Å². The molecule has 10 heteroatoms. The number of hydrogen-bond acceptors (Lipinski definition) is 6. The number of aromatic nitrogens is 1. The molecule has 0 aromatic carbocycles. The number of carbonyl (C=O) groups is 4. The van der Waals surface area contributed by atoms with E-state index in [-0.39, 0.29) is 49.8 Å². The molecule has 0 bridgehead atoms. The van der Waals surface area contributed by atoms with E-state index >= 15 is 0 Å². The van der Waals surface area contributed by atoms with Gasteiger partial charge in [0.05, 0.1) is 18.5 Å². The van der Waals surface area contributed by atoms with Crippen LogP contribution >= 0.6 is 15.9 Å². The van der Waals surface area contributed by atoms with Crippen LogP contribution in [0, 0.1) is 17.8 Å². The Balaban J connectivity index is 1.73. The van der Waals surface area contributed by atoms with Crippen LogP contribution in [-0.2, 0) is 25.5 Å². The van der Waals surface area contributed by atoms with Gasteiger partial charge < -0.3 is 14.5 Å². The quantitative estimate of drug-likeness (QED) is 0.315. The van der Waals surface area contributed by atoms with Gasteiger partial charge in [0.2, 0.25) is 17.7 Å². The second-order valence-electron chi connectivity index (χ2n) is 11.4. The molecular formula is C30H43BrN4O5. The summed E-state index contributed by atoms with van der Waals surface area (Å²) in [5, 5.41) is 0. The molecule has 3 rings (SSSR count). The minimum Gasteiger partial charge on any atom is -0.447 e. The Labute approximate surface area is 246 Å². The third-order valence-electron chi connectivity index (χ3n) is 7.89. The van der Waals surface area contributed by atoms with Gasteiger partial charge in [0.25, 0.3) is 0 Å². The summed E-state index contributed by atoms with van der Waals surface area (Å²) in [5.74, 6) is -1.32. The van der Waals surface area contributed by atoms with E-state index in [0.717, 1.165) is 31.4 Å². The van der Waals surface area contributed by atoms with Crippen molar-refractivity contribution in [1.29, 1.82) is 0 Å². The molecule has 220 valence electrons. The van der Waals surface area contributed by atoms with Crippen LogP contribution in [0.2, 0.25) is 0 Å². The smallest absolute Gasteiger partial charge is 0.416 e. The first-order chi connectivity index (χ1) is 19.1. The van der Waals surface area contributed by atoms with Crippen LogP contribution in [0.5, 0.6) is 0 Å². The van der Waals surface area contributed by atoms with Crippen molar-refractivity contribution in [2.24, 2.45) is 17.8 Å². The Kier molecular flexibility index (Phi) is 12.2. The minimum absolute atomic E-state index is 0.0148. The summed E-state index contributed by atoms with van der Waals surface area (Å²) in [6.45, 7) is 8.80. The van der Waals surface area contributed by atoms with E-state index < -0.39 is 17.9 Å². The average molecular weight is 620 g/mol. The van der Waals surface area contributed by atoms with Gasteiger partial charge in [-0.1, -0.05) is 61.7 Å². The molecule has 9 nitrogen and oxygen atoms in total. The lowest BCUT2D eigenvalue weighted by atomic mass is 9.88. The molecule has 1 saturated carbocycles. The van der Waals surface area contributed by atoms with Crippen molar-refractivity contribution in [3.05, 3.63) is 41.2 Å². The number of pyridine rings is 1. The number of halogens is 1. The molecule has 4 amide bonds. The van der Waals surface area contributed by atoms with Crippen LogP contribution in [0.15, 0.2) is 35.5 Å². The van der Waals surface area contributed by atoms with Gasteiger partial charge in [0.1, 0.15) is 6.61 Å². The number of imide groups is 1. The summed E-state index contributed by atoms with van der Waals surface area (Å²) in [6, 6.07) is 5.31. The number of carbonyl (C=O) groups excluding carboxylic acids is 4. The molecule has 0 spiro atoms. The Morgan fingerprint density at radius 1 is 1.15 bits per heavy atom. The number of likely N-dealkylation sites (N-methyl/N-ethyl adjacent to an activating group) is 1. The van der Waals surface area contributed by atoms with E-state index in [2.05, 4.69) is 27.5 Å². The number of rotatable bonds is 13. The highest BCUT2D eigenvalue weighted by Crippen LogP contribution is 2.29. The van der Waals surface area contributed by atoms with Crippen molar-refractivity contribution in [3.63, 3.8) is 0 Å². The Bertz CT molecular complexity index is 1040. The third-order valence-corrected chi connectivity index (χ3v) is 8.21. The summed E-state index contributed by atoms with van der Waals surface area (Å²) in [6.07, 6.45) is 7.21. The van der Waals surface area contributed by atoms with E-state index in [1.54, 1.807) is 23.0 Å². The molecule has 2 aliphatic rings. The fourth-order valence-electron chi connectivity index (χ4n) is 5.40. The maximum atomic E-state index is 13.8. The maximum absolute atomic E-state index is 13.8. The number of nitrogens with zero attached hydrogens (tertiary/aromatic N) is 4. The normalized spacial score (nSPS) is 18.4. The van der Waals surface area contributed by atoms with Crippen LogP contribution in [0.4, 0.5) is 4.79 Å². The van der Waals surface area contributed by atoms with Gasteiger partial charge in [-0.3, -0.25) is 19.4 Å². The monoisotopic (exact) mass is 618 g/mol. The van der Waals surface area contributed by atoms with E-state index in [4.69, 9.17) is 4.74 Å². The molecule has 2 fully saturated rings. The predicted octanol–water partition coefficient (Wildman–Crippen LogP) is 4.80. The van der Waals surface area contributed by atoms with E-state index in [9.17, 15) is 19.2 Å². The second kappa shape index (κ2) is 15.3. The number of cyclic esters (lactones) is 1. The maximum Gasteiger partial charge on any atom is 0.416 e. The molecule has 1 aliphatic carbocycles. The zero-order valence-corrected chi connectivity index (χ0v) is 25.6. The Morgan fingerprint density at radius 2 is 1.88 bits per heavy atom. The molecule has 2 heterocycles. The molecule has 1 aliphatic heterocycles. The van der Waals surface area contributed by atoms with Crippen molar-refractivity contribution < 1.29 is 23.9 Å². The highest BCUT2D eigenvalue weighted by atomic mass is 79.9. The first-order valence-electron chi connectivity index (χ1n) is 14.3. The molecule has 0 N–H and O–H groups in total. The first kappa shape index (κ1) is 31.8. The van der Waals surface area contributed by atoms with Crippen LogP contribution in [0.1, 0.15) is 64.5 Å². The summed E-state index contributed by atoms with van der Waals surface area (Å²) in [5.41, 5.74) is 0.897. The summed E-state index contributed by atoms with van der Waals surface area (Å²) in [4.78, 5) is 61.9. The van der Waals surface area contributed by atoms with E-state index in [0.29, 0.717) is 29.9 Å². The van der Waals surface area contributed by atoms with Crippen molar-refractivity contribution in [2.45, 2.75) is 71.3 Å². The molecule has 1 aromatic heterocycles. The van der Waals surface area contributed by atoms with Gasteiger partial charge in [0, 0.05) is 44.9 Å². The first-order valence-corrected chi connectivity index (χ1v) is 15.1. The van der Waals surface area contributed by atoms with Crippen molar-refractivity contribution >= 4 is 39.7 Å². The Hall–Kier alpha value is -2.75. The van der Waals surface area contributed by atoms with Gasteiger partial charge in [-0.15, -0.1) is 0 Å². The zero-order chi connectivity index (χ0) is 29.2. The largest absolute Gasteiger partial charge is 0.447 e. The lowest BCUT2D eigenvalue weighted by Crippen LogP contribution is -2.48. The summed E-state index contributed by atoms with van der Waals surface area (Å²) < 4.78 is 5.75. The average Bonchev–Trinajstić information content (AvgIpc) is 3.32. The molecule has 0 unspecified atom stereocenters. The fraction of sp³-hybridized carbons (Fsp3) is 0.633. The molecule has 40 heavy (non-hydrogen) atoms. The second-order valence-corrected chi connectivity index (χ2v) is 12.5. The van der Waals surface area contributed by atoms with E-state index in [1.165, 1.54) is 11.3 Å². The van der Waals surface area contributed by atoms with Gasteiger partial charge in [-0.05, 0) is 47.7 Å². The SMILES string of the molecule is C=C(Br)C[C@H](CC(=O)N(CC(=O)N(C)CCc1ccccn1)CC1CCCCC1)C(=O)N1C(=O)OC[C@@H]1C(C)C. The van der Waals surface area contributed by atoms with Crippen molar-refractivity contribution in [2.75, 3.05) is 33.3 Å². The van der Waals surface area contributed by atoms with Gasteiger partial charge in [-0.25, -0.2) is 9.69 Å². The molecule has 0 radical (unpaired) electrons. The molecular weight excluding hydrogens is 576 g/mol. The van der Waals surface area contributed by atoms with Crippen LogP contribution in [0.3, 0.4) is 0 Å². The number of ether oxygens (including phenoxy) is 1. The molecule has 1 saturated heterocycles. The van der Waals surface area contributed by atoms with Gasteiger partial charge >= 0.3 is 6.09 Å². The third kappa shape index (κ3) is 9.14. The van der Waals surface area contributed by atoms with Crippen molar-refractivity contribution in [3.8, 4) is 0 Å². The number of allylic oxidation sites excluding steroid dienone is 1. The summed E-state index contributed by atoms with van der Waals surface area (Å²) >= 11 is 3.34. The van der Waals surface area contributed by atoms with Crippen LogP contribution < -0.4 is 0 Å². The lowest BCUT2D eigenvalue weighted by molar-refractivity contribution is -0.144. The number of amides is 4. The van der Waals surface area contributed by atoms with Gasteiger partial charge in [-0.2, -0.15) is 0 Å². The van der Waals surface area contributed by atoms with Crippen LogP contribution in [-0.4, -0.2) is 82.8 Å². The van der Waals surface area contributed by atoms with Crippen LogP contribution in [0.25, 0.3) is 0 Å². The fourth-order valence-corrected chi connectivity index (χ4v) is 5.79. The topological polar surface area (TPSA) is 100 Å². The van der Waals surface area contributed by atoms with E-state index in [1.807, 2.05) is 32.0 Å². The Morgan fingerprint density at radius 3 is 2.50 bits per heavy atom. The molecule has 2 atom stereocenters. The molecule has 1 aromatic rings. The zero-order valence-electron chi connectivity index (χ0n) is 24.0. The lowest BCUT2D eigenvalue weighted by Gasteiger charge is -2.32.